The number of hydrogen-bond donors (Lipinski definition) is 1. The first-order valence-electron chi connectivity index (χ1n) is 7.85. The molecule has 2 aromatic rings. The van der Waals surface area contributed by atoms with Crippen LogP contribution in [0.25, 0.3) is 0 Å². The second-order valence-corrected chi connectivity index (χ2v) is 7.45. The molecular formula is C16H23N5OS. The van der Waals surface area contributed by atoms with Crippen LogP contribution < -0.4 is 10.2 Å². The molecule has 1 aliphatic heterocycles. The third kappa shape index (κ3) is 3.79. The minimum atomic E-state index is -0.0378. The summed E-state index contributed by atoms with van der Waals surface area (Å²) in [5.41, 5.74) is 1.89. The van der Waals surface area contributed by atoms with Gasteiger partial charge < -0.3 is 15.0 Å². The van der Waals surface area contributed by atoms with Gasteiger partial charge in [0.15, 0.2) is 0 Å². The van der Waals surface area contributed by atoms with E-state index in [0.29, 0.717) is 0 Å². The van der Waals surface area contributed by atoms with Crippen molar-refractivity contribution in [1.29, 1.82) is 0 Å². The minimum absolute atomic E-state index is 0.0378. The van der Waals surface area contributed by atoms with Crippen LogP contribution in [0, 0.1) is 6.92 Å². The Morgan fingerprint density at radius 1 is 1.17 bits per heavy atom. The molecular weight excluding hydrogens is 310 g/mol. The van der Waals surface area contributed by atoms with E-state index in [1.54, 1.807) is 0 Å². The smallest absolute Gasteiger partial charge is 0.207 e. The van der Waals surface area contributed by atoms with Gasteiger partial charge in [-0.05, 0) is 19.1 Å². The van der Waals surface area contributed by atoms with Gasteiger partial charge in [-0.1, -0.05) is 20.8 Å². The molecule has 1 aliphatic rings. The summed E-state index contributed by atoms with van der Waals surface area (Å²) < 4.78 is 9.82. The van der Waals surface area contributed by atoms with E-state index in [-0.39, 0.29) is 5.41 Å². The number of aryl methyl sites for hydroxylation is 1. The lowest BCUT2D eigenvalue weighted by Gasteiger charge is -2.28. The highest BCUT2D eigenvalue weighted by Gasteiger charge is 2.20. The number of nitrogens with zero attached hydrogens (tertiary/aromatic N) is 4. The average Bonchev–Trinajstić information content (AvgIpc) is 2.99. The standard InChI is InChI=1S/C16H23N5OS/c1-11-12(18-15-19-14(20-23-15)16(2,3)4)5-6-13(17-11)21-7-9-22-10-8-21/h5-6H,7-10H2,1-4H3,(H,18,19,20). The molecule has 7 heteroatoms. The van der Waals surface area contributed by atoms with Crippen molar-refractivity contribution >= 4 is 28.2 Å². The summed E-state index contributed by atoms with van der Waals surface area (Å²) in [6.07, 6.45) is 0. The predicted octanol–water partition coefficient (Wildman–Crippen LogP) is 3.12. The van der Waals surface area contributed by atoms with Crippen molar-refractivity contribution < 1.29 is 4.74 Å². The fraction of sp³-hybridized carbons (Fsp3) is 0.562. The van der Waals surface area contributed by atoms with Gasteiger partial charge in [0.2, 0.25) is 5.13 Å². The Labute approximate surface area is 141 Å². The molecule has 6 nitrogen and oxygen atoms in total. The molecule has 3 heterocycles. The van der Waals surface area contributed by atoms with E-state index < -0.39 is 0 Å². The van der Waals surface area contributed by atoms with Crippen molar-refractivity contribution in [3.63, 3.8) is 0 Å². The zero-order chi connectivity index (χ0) is 16.4. The first-order valence-corrected chi connectivity index (χ1v) is 8.62. The van der Waals surface area contributed by atoms with Crippen LogP contribution in [-0.2, 0) is 10.2 Å². The van der Waals surface area contributed by atoms with Crippen molar-refractivity contribution in [2.45, 2.75) is 33.1 Å². The first kappa shape index (κ1) is 16.1. The van der Waals surface area contributed by atoms with Gasteiger partial charge in [0, 0.05) is 30.0 Å². The molecule has 0 unspecified atom stereocenters. The Kier molecular flexibility index (Phi) is 4.50. The van der Waals surface area contributed by atoms with E-state index in [1.807, 2.05) is 13.0 Å². The van der Waals surface area contributed by atoms with Gasteiger partial charge in [0.25, 0.3) is 0 Å². The molecule has 0 aliphatic carbocycles. The third-order valence-electron chi connectivity index (χ3n) is 3.74. The van der Waals surface area contributed by atoms with Gasteiger partial charge in [-0.2, -0.15) is 4.37 Å². The molecule has 0 radical (unpaired) electrons. The SMILES string of the molecule is Cc1nc(N2CCOCC2)ccc1Nc1nc(C(C)(C)C)ns1. The lowest BCUT2D eigenvalue weighted by Crippen LogP contribution is -2.36. The summed E-state index contributed by atoms with van der Waals surface area (Å²) in [5.74, 6) is 1.87. The van der Waals surface area contributed by atoms with E-state index in [9.17, 15) is 0 Å². The lowest BCUT2D eigenvalue weighted by atomic mass is 9.96. The van der Waals surface area contributed by atoms with Crippen LogP contribution in [0.15, 0.2) is 12.1 Å². The molecule has 0 saturated carbocycles. The fourth-order valence-corrected chi connectivity index (χ4v) is 3.11. The molecule has 0 aromatic carbocycles. The summed E-state index contributed by atoms with van der Waals surface area (Å²) in [6.45, 7) is 11.7. The topological polar surface area (TPSA) is 63.2 Å². The molecule has 1 saturated heterocycles. The maximum absolute atomic E-state index is 5.39. The van der Waals surface area contributed by atoms with Gasteiger partial charge in [0.05, 0.1) is 24.6 Å². The monoisotopic (exact) mass is 333 g/mol. The van der Waals surface area contributed by atoms with E-state index in [1.165, 1.54) is 11.5 Å². The van der Waals surface area contributed by atoms with Crippen LogP contribution in [0.3, 0.4) is 0 Å². The van der Waals surface area contributed by atoms with E-state index in [4.69, 9.17) is 9.72 Å². The molecule has 0 spiro atoms. The van der Waals surface area contributed by atoms with Crippen LogP contribution in [0.1, 0.15) is 32.3 Å². The van der Waals surface area contributed by atoms with Gasteiger partial charge in [0.1, 0.15) is 11.6 Å². The number of aromatic nitrogens is 3. The zero-order valence-electron chi connectivity index (χ0n) is 14.1. The fourth-order valence-electron chi connectivity index (χ4n) is 2.34. The van der Waals surface area contributed by atoms with Gasteiger partial charge in [-0.3, -0.25) is 0 Å². The molecule has 0 amide bonds. The predicted molar refractivity (Wildman–Crippen MR) is 93.9 cm³/mol. The Morgan fingerprint density at radius 2 is 1.91 bits per heavy atom. The van der Waals surface area contributed by atoms with Crippen LogP contribution >= 0.6 is 11.5 Å². The Bertz CT molecular complexity index is 673. The maximum Gasteiger partial charge on any atom is 0.207 e. The van der Waals surface area contributed by atoms with Crippen LogP contribution in [-0.4, -0.2) is 40.6 Å². The summed E-state index contributed by atoms with van der Waals surface area (Å²) >= 11 is 1.39. The first-order chi connectivity index (χ1) is 10.9. The molecule has 2 aromatic heterocycles. The molecule has 3 rings (SSSR count). The van der Waals surface area contributed by atoms with Crippen molar-refractivity contribution in [2.24, 2.45) is 0 Å². The number of rotatable bonds is 3. The van der Waals surface area contributed by atoms with Crippen LogP contribution in [0.2, 0.25) is 0 Å². The quantitative estimate of drug-likeness (QED) is 0.931. The highest BCUT2D eigenvalue weighted by Crippen LogP contribution is 2.27. The number of hydrogen-bond acceptors (Lipinski definition) is 7. The molecule has 1 N–H and O–H groups in total. The van der Waals surface area contributed by atoms with Crippen molar-refractivity contribution in [1.82, 2.24) is 14.3 Å². The molecule has 1 fully saturated rings. The molecule has 124 valence electrons. The van der Waals surface area contributed by atoms with Crippen LogP contribution in [0.4, 0.5) is 16.6 Å². The number of morpholine rings is 1. The van der Waals surface area contributed by atoms with Crippen molar-refractivity contribution in [3.05, 3.63) is 23.7 Å². The Balaban J connectivity index is 1.74. The second kappa shape index (κ2) is 6.41. The largest absolute Gasteiger partial charge is 0.378 e. The molecule has 23 heavy (non-hydrogen) atoms. The average molecular weight is 333 g/mol. The highest BCUT2D eigenvalue weighted by atomic mass is 32.1. The summed E-state index contributed by atoms with van der Waals surface area (Å²) in [5, 5.41) is 4.14. The Morgan fingerprint density at radius 3 is 2.52 bits per heavy atom. The lowest BCUT2D eigenvalue weighted by molar-refractivity contribution is 0.122. The summed E-state index contributed by atoms with van der Waals surface area (Å²) in [7, 11) is 0. The number of nitrogens with one attached hydrogen (secondary N) is 1. The normalized spacial score (nSPS) is 15.7. The zero-order valence-corrected chi connectivity index (χ0v) is 14.9. The number of ether oxygens (including phenoxy) is 1. The summed E-state index contributed by atoms with van der Waals surface area (Å²) in [6, 6.07) is 4.11. The highest BCUT2D eigenvalue weighted by molar-refractivity contribution is 7.09. The maximum atomic E-state index is 5.39. The third-order valence-corrected chi connectivity index (χ3v) is 4.38. The van der Waals surface area contributed by atoms with Gasteiger partial charge in [-0.25, -0.2) is 9.97 Å². The van der Waals surface area contributed by atoms with E-state index in [0.717, 1.165) is 54.5 Å². The number of anilines is 3. The number of pyridine rings is 1. The molecule has 0 bridgehead atoms. The molecule has 0 atom stereocenters. The van der Waals surface area contributed by atoms with Crippen LogP contribution in [0.5, 0.6) is 0 Å². The van der Waals surface area contributed by atoms with E-state index >= 15 is 0 Å². The van der Waals surface area contributed by atoms with Crippen molar-refractivity contribution in [3.8, 4) is 0 Å². The second-order valence-electron chi connectivity index (χ2n) is 6.70. The van der Waals surface area contributed by atoms with Crippen molar-refractivity contribution in [2.75, 3.05) is 36.5 Å². The van der Waals surface area contributed by atoms with Gasteiger partial charge in [-0.15, -0.1) is 0 Å². The van der Waals surface area contributed by atoms with E-state index in [2.05, 4.69) is 46.4 Å². The minimum Gasteiger partial charge on any atom is -0.378 e. The summed E-state index contributed by atoms with van der Waals surface area (Å²) in [4.78, 5) is 11.5. The Hall–Kier alpha value is -1.73. The van der Waals surface area contributed by atoms with Gasteiger partial charge >= 0.3 is 0 Å².